The average Bonchev–Trinajstić information content (AvgIpc) is 2.25. The van der Waals surface area contributed by atoms with Crippen molar-refractivity contribution in [2.45, 2.75) is 31.0 Å². The van der Waals surface area contributed by atoms with Gasteiger partial charge in [-0.2, -0.15) is 13.2 Å². The molecule has 1 amide bonds. The maximum absolute atomic E-state index is 12.5. The lowest BCUT2D eigenvalue weighted by atomic mass is 9.77. The SMILES string of the molecule is Cl.NC1(C(=O)Nc2cccc(C(F)(F)F)c2)CCC1. The Labute approximate surface area is 114 Å². The van der Waals surface area contributed by atoms with Gasteiger partial charge in [0.15, 0.2) is 0 Å². The molecule has 0 unspecified atom stereocenters. The zero-order valence-corrected chi connectivity index (χ0v) is 10.8. The highest BCUT2D eigenvalue weighted by molar-refractivity contribution is 5.98. The van der Waals surface area contributed by atoms with E-state index in [-0.39, 0.29) is 18.1 Å². The molecule has 1 saturated carbocycles. The molecule has 0 spiro atoms. The molecule has 7 heteroatoms. The number of halogens is 4. The van der Waals surface area contributed by atoms with Gasteiger partial charge in [0.25, 0.3) is 0 Å². The summed E-state index contributed by atoms with van der Waals surface area (Å²) in [7, 11) is 0. The van der Waals surface area contributed by atoms with Gasteiger partial charge in [0.05, 0.1) is 11.1 Å². The topological polar surface area (TPSA) is 55.1 Å². The highest BCUT2D eigenvalue weighted by atomic mass is 35.5. The molecule has 0 heterocycles. The maximum Gasteiger partial charge on any atom is 0.416 e. The second kappa shape index (κ2) is 5.38. The number of anilines is 1. The first-order valence-electron chi connectivity index (χ1n) is 5.59. The van der Waals surface area contributed by atoms with Crippen molar-refractivity contribution in [3.63, 3.8) is 0 Å². The van der Waals surface area contributed by atoms with Gasteiger partial charge in [0.1, 0.15) is 0 Å². The van der Waals surface area contributed by atoms with Crippen molar-refractivity contribution in [2.24, 2.45) is 5.73 Å². The lowest BCUT2D eigenvalue weighted by Crippen LogP contribution is -2.56. The monoisotopic (exact) mass is 294 g/mol. The Kier molecular flexibility index (Phi) is 4.47. The van der Waals surface area contributed by atoms with Crippen LogP contribution in [0.5, 0.6) is 0 Å². The first kappa shape index (κ1) is 15.8. The van der Waals surface area contributed by atoms with Crippen LogP contribution in [0, 0.1) is 0 Å². The van der Waals surface area contributed by atoms with Crippen molar-refractivity contribution in [3.05, 3.63) is 29.8 Å². The highest BCUT2D eigenvalue weighted by Gasteiger charge is 2.40. The molecule has 0 atom stereocenters. The summed E-state index contributed by atoms with van der Waals surface area (Å²) in [6.45, 7) is 0. The summed E-state index contributed by atoms with van der Waals surface area (Å²) < 4.78 is 37.4. The van der Waals surface area contributed by atoms with Gasteiger partial charge in [0.2, 0.25) is 5.91 Å². The van der Waals surface area contributed by atoms with Gasteiger partial charge in [-0.3, -0.25) is 4.79 Å². The zero-order chi connectivity index (χ0) is 13.4. The van der Waals surface area contributed by atoms with Crippen LogP contribution in [0.3, 0.4) is 0 Å². The van der Waals surface area contributed by atoms with Crippen LogP contribution in [0.25, 0.3) is 0 Å². The molecule has 3 N–H and O–H groups in total. The zero-order valence-electron chi connectivity index (χ0n) is 9.96. The number of nitrogens with one attached hydrogen (secondary N) is 1. The fourth-order valence-electron chi connectivity index (χ4n) is 1.81. The number of hydrogen-bond donors (Lipinski definition) is 2. The second-order valence-electron chi connectivity index (χ2n) is 4.54. The molecular weight excluding hydrogens is 281 g/mol. The number of amides is 1. The van der Waals surface area contributed by atoms with E-state index in [0.717, 1.165) is 18.6 Å². The van der Waals surface area contributed by atoms with Crippen molar-refractivity contribution < 1.29 is 18.0 Å². The summed E-state index contributed by atoms with van der Waals surface area (Å²) in [5.41, 5.74) is 4.19. The summed E-state index contributed by atoms with van der Waals surface area (Å²) in [6.07, 6.45) is -2.42. The molecule has 1 aliphatic rings. The summed E-state index contributed by atoms with van der Waals surface area (Å²) in [6, 6.07) is 4.52. The molecule has 106 valence electrons. The van der Waals surface area contributed by atoms with E-state index in [0.29, 0.717) is 12.8 Å². The summed E-state index contributed by atoms with van der Waals surface area (Å²) >= 11 is 0. The largest absolute Gasteiger partial charge is 0.416 e. The fourth-order valence-corrected chi connectivity index (χ4v) is 1.81. The van der Waals surface area contributed by atoms with E-state index in [4.69, 9.17) is 5.73 Å². The molecule has 0 radical (unpaired) electrons. The van der Waals surface area contributed by atoms with Crippen LogP contribution in [0.4, 0.5) is 18.9 Å². The van der Waals surface area contributed by atoms with Crippen LogP contribution in [0.2, 0.25) is 0 Å². The smallest absolute Gasteiger partial charge is 0.324 e. The third-order valence-electron chi connectivity index (χ3n) is 3.15. The van der Waals surface area contributed by atoms with E-state index in [1.807, 2.05) is 0 Å². The number of carbonyl (C=O) groups is 1. The minimum atomic E-state index is -4.42. The Bertz CT molecular complexity index is 472. The number of nitrogens with two attached hydrogens (primary N) is 1. The second-order valence-corrected chi connectivity index (χ2v) is 4.54. The predicted octanol–water partition coefficient (Wildman–Crippen LogP) is 2.95. The molecule has 19 heavy (non-hydrogen) atoms. The molecule has 0 aliphatic heterocycles. The minimum absolute atomic E-state index is 0. The number of rotatable bonds is 2. The van der Waals surface area contributed by atoms with Crippen LogP contribution in [-0.2, 0) is 11.0 Å². The first-order chi connectivity index (χ1) is 8.31. The van der Waals surface area contributed by atoms with Gasteiger partial charge < -0.3 is 11.1 Å². The fraction of sp³-hybridized carbons (Fsp3) is 0.417. The third kappa shape index (κ3) is 3.39. The Morgan fingerprint density at radius 3 is 2.42 bits per heavy atom. The maximum atomic E-state index is 12.5. The van der Waals surface area contributed by atoms with E-state index >= 15 is 0 Å². The molecular formula is C12H14ClF3N2O. The van der Waals surface area contributed by atoms with E-state index < -0.39 is 23.2 Å². The van der Waals surface area contributed by atoms with Crippen LogP contribution in [0.15, 0.2) is 24.3 Å². The van der Waals surface area contributed by atoms with Crippen molar-refractivity contribution in [3.8, 4) is 0 Å². The predicted molar refractivity (Wildman–Crippen MR) is 68.1 cm³/mol. The van der Waals surface area contributed by atoms with Crippen molar-refractivity contribution in [1.82, 2.24) is 0 Å². The molecule has 0 bridgehead atoms. The quantitative estimate of drug-likeness (QED) is 0.881. The van der Waals surface area contributed by atoms with Crippen molar-refractivity contribution >= 4 is 24.0 Å². The Hall–Kier alpha value is -1.27. The van der Waals surface area contributed by atoms with Gasteiger partial charge >= 0.3 is 6.18 Å². The van der Waals surface area contributed by atoms with Gasteiger partial charge in [-0.15, -0.1) is 12.4 Å². The van der Waals surface area contributed by atoms with Crippen molar-refractivity contribution in [2.75, 3.05) is 5.32 Å². The minimum Gasteiger partial charge on any atom is -0.324 e. The van der Waals surface area contributed by atoms with E-state index in [1.165, 1.54) is 12.1 Å². The average molecular weight is 295 g/mol. The Morgan fingerprint density at radius 2 is 1.95 bits per heavy atom. The van der Waals surface area contributed by atoms with Gasteiger partial charge in [-0.25, -0.2) is 0 Å². The van der Waals surface area contributed by atoms with Gasteiger partial charge in [0, 0.05) is 5.69 Å². The van der Waals surface area contributed by atoms with Crippen LogP contribution >= 0.6 is 12.4 Å². The molecule has 1 fully saturated rings. The number of carbonyl (C=O) groups excluding carboxylic acids is 1. The van der Waals surface area contributed by atoms with Crippen LogP contribution in [0.1, 0.15) is 24.8 Å². The Morgan fingerprint density at radius 1 is 1.32 bits per heavy atom. The molecule has 1 aliphatic carbocycles. The lowest BCUT2D eigenvalue weighted by molar-refractivity contribution is -0.137. The first-order valence-corrected chi connectivity index (χ1v) is 5.59. The highest BCUT2D eigenvalue weighted by Crippen LogP contribution is 2.32. The third-order valence-corrected chi connectivity index (χ3v) is 3.15. The van der Waals surface area contributed by atoms with Gasteiger partial charge in [-0.05, 0) is 37.5 Å². The molecule has 2 rings (SSSR count). The summed E-state index contributed by atoms with van der Waals surface area (Å²) in [5, 5.41) is 2.43. The standard InChI is InChI=1S/C12H13F3N2O.ClH/c13-12(14,15)8-3-1-4-9(7-8)17-10(18)11(16)5-2-6-11;/h1,3-4,7H,2,5-6,16H2,(H,17,18);1H. The lowest BCUT2D eigenvalue weighted by Gasteiger charge is -2.36. The number of benzene rings is 1. The molecule has 1 aromatic carbocycles. The van der Waals surface area contributed by atoms with E-state index in [2.05, 4.69) is 5.32 Å². The molecule has 3 nitrogen and oxygen atoms in total. The van der Waals surface area contributed by atoms with Crippen LogP contribution < -0.4 is 11.1 Å². The molecule has 0 saturated heterocycles. The number of alkyl halides is 3. The normalized spacial score (nSPS) is 17.1. The van der Waals surface area contributed by atoms with E-state index in [9.17, 15) is 18.0 Å². The van der Waals surface area contributed by atoms with Crippen molar-refractivity contribution in [1.29, 1.82) is 0 Å². The van der Waals surface area contributed by atoms with Gasteiger partial charge in [-0.1, -0.05) is 6.07 Å². The van der Waals surface area contributed by atoms with Crippen LogP contribution in [-0.4, -0.2) is 11.4 Å². The number of hydrogen-bond acceptors (Lipinski definition) is 2. The Balaban J connectivity index is 0.00000180. The molecule has 1 aromatic rings. The summed E-state index contributed by atoms with van der Waals surface area (Å²) in [4.78, 5) is 11.8. The summed E-state index contributed by atoms with van der Waals surface area (Å²) in [5.74, 6) is -0.423. The van der Waals surface area contributed by atoms with E-state index in [1.54, 1.807) is 0 Å². The molecule has 0 aromatic heterocycles.